The van der Waals surface area contributed by atoms with Crippen molar-refractivity contribution >= 4 is 0 Å². The highest BCUT2D eigenvalue weighted by molar-refractivity contribution is 5.38. The second-order valence-electron chi connectivity index (χ2n) is 8.85. The Labute approximate surface area is 177 Å². The molecule has 0 amide bonds. The molecule has 1 aliphatic rings. The van der Waals surface area contributed by atoms with Crippen LogP contribution in [-0.4, -0.2) is 19.3 Å². The van der Waals surface area contributed by atoms with E-state index in [-0.39, 0.29) is 11.5 Å². The number of fused-ring (bicyclic) bond motifs is 1. The molecular formula is C25H27N5. The predicted octanol–water partition coefficient (Wildman–Crippen LogP) is 4.86. The van der Waals surface area contributed by atoms with E-state index in [4.69, 9.17) is 5.10 Å². The molecule has 5 heteroatoms. The van der Waals surface area contributed by atoms with Gasteiger partial charge in [-0.05, 0) is 54.7 Å². The minimum Gasteiger partial charge on any atom is -0.318 e. The monoisotopic (exact) mass is 397 g/mol. The van der Waals surface area contributed by atoms with Crippen LogP contribution >= 0.6 is 0 Å². The molecule has 1 unspecified atom stereocenters. The summed E-state index contributed by atoms with van der Waals surface area (Å²) in [4.78, 5) is 4.26. The van der Waals surface area contributed by atoms with E-state index >= 15 is 0 Å². The zero-order valence-electron chi connectivity index (χ0n) is 17.5. The topological polar surface area (TPSA) is 47.7 Å². The van der Waals surface area contributed by atoms with Crippen molar-refractivity contribution in [3.63, 3.8) is 0 Å². The summed E-state index contributed by atoms with van der Waals surface area (Å²) in [6.07, 6.45) is 9.97. The maximum atomic E-state index is 4.76. The number of nitrogens with one attached hydrogen (secondary N) is 1. The first-order chi connectivity index (χ1) is 14.6. The first-order valence-electron chi connectivity index (χ1n) is 10.5. The van der Waals surface area contributed by atoms with E-state index in [0.717, 1.165) is 30.8 Å². The van der Waals surface area contributed by atoms with E-state index in [2.05, 4.69) is 88.3 Å². The highest BCUT2D eigenvalue weighted by Crippen LogP contribution is 2.41. The van der Waals surface area contributed by atoms with Gasteiger partial charge in [0.1, 0.15) is 0 Å². The quantitative estimate of drug-likeness (QED) is 0.523. The summed E-state index contributed by atoms with van der Waals surface area (Å²) in [5.74, 6) is 0. The third-order valence-electron chi connectivity index (χ3n) is 5.97. The first-order valence-corrected chi connectivity index (χ1v) is 10.5. The fourth-order valence-electron chi connectivity index (χ4n) is 4.55. The average Bonchev–Trinajstić information content (AvgIpc) is 3.39. The van der Waals surface area contributed by atoms with Crippen LogP contribution in [0.5, 0.6) is 0 Å². The molecule has 152 valence electrons. The fourth-order valence-corrected chi connectivity index (χ4v) is 4.55. The van der Waals surface area contributed by atoms with Crippen LogP contribution in [0.15, 0.2) is 79.4 Å². The lowest BCUT2D eigenvalue weighted by molar-refractivity contribution is 0.252. The van der Waals surface area contributed by atoms with Gasteiger partial charge in [-0.3, -0.25) is 4.98 Å². The number of nitrogens with zero attached hydrogens (tertiary/aromatic N) is 4. The van der Waals surface area contributed by atoms with Crippen molar-refractivity contribution in [1.82, 2.24) is 24.6 Å². The van der Waals surface area contributed by atoms with Gasteiger partial charge in [-0.2, -0.15) is 5.10 Å². The zero-order valence-corrected chi connectivity index (χ0v) is 17.5. The molecule has 1 aliphatic carbocycles. The Bertz CT molecular complexity index is 1120. The smallest absolute Gasteiger partial charge is 0.0648 e. The number of rotatable bonds is 5. The van der Waals surface area contributed by atoms with Crippen LogP contribution in [0.25, 0.3) is 11.4 Å². The SMILES string of the molecule is CC1(C)Cc2c(cnn2-c2ccccc2)C(NCc2cccn2-c2cccnc2)C1. The van der Waals surface area contributed by atoms with Gasteiger partial charge >= 0.3 is 0 Å². The van der Waals surface area contributed by atoms with Gasteiger partial charge in [-0.15, -0.1) is 0 Å². The van der Waals surface area contributed by atoms with Crippen molar-refractivity contribution < 1.29 is 0 Å². The van der Waals surface area contributed by atoms with E-state index in [9.17, 15) is 0 Å². The molecular weight excluding hydrogens is 370 g/mol. The molecule has 1 N–H and O–H groups in total. The summed E-state index contributed by atoms with van der Waals surface area (Å²) < 4.78 is 4.31. The minimum absolute atomic E-state index is 0.211. The lowest BCUT2D eigenvalue weighted by Crippen LogP contribution is -2.33. The van der Waals surface area contributed by atoms with Gasteiger partial charge in [0.15, 0.2) is 0 Å². The van der Waals surface area contributed by atoms with Crippen molar-refractivity contribution in [2.45, 2.75) is 39.3 Å². The summed E-state index contributed by atoms with van der Waals surface area (Å²) in [5.41, 5.74) is 6.28. The molecule has 30 heavy (non-hydrogen) atoms. The zero-order chi connectivity index (χ0) is 20.6. The summed E-state index contributed by atoms with van der Waals surface area (Å²) in [7, 11) is 0. The summed E-state index contributed by atoms with van der Waals surface area (Å²) in [6.45, 7) is 5.50. The Kier molecular flexibility index (Phi) is 4.75. The predicted molar refractivity (Wildman–Crippen MR) is 119 cm³/mol. The second kappa shape index (κ2) is 7.58. The van der Waals surface area contributed by atoms with Gasteiger partial charge in [-0.1, -0.05) is 32.0 Å². The van der Waals surface area contributed by atoms with Crippen molar-refractivity contribution in [1.29, 1.82) is 0 Å². The van der Waals surface area contributed by atoms with Gasteiger partial charge in [0.2, 0.25) is 0 Å². The first kappa shape index (κ1) is 18.8. The number of hydrogen-bond donors (Lipinski definition) is 1. The Morgan fingerprint density at radius 1 is 1.00 bits per heavy atom. The number of para-hydroxylation sites is 1. The molecule has 1 atom stereocenters. The molecule has 4 aromatic rings. The Balaban J connectivity index is 1.42. The lowest BCUT2D eigenvalue weighted by atomic mass is 9.74. The molecule has 1 aromatic carbocycles. The molecule has 0 radical (unpaired) electrons. The highest BCUT2D eigenvalue weighted by Gasteiger charge is 2.35. The van der Waals surface area contributed by atoms with E-state index in [1.807, 2.05) is 18.3 Å². The minimum atomic E-state index is 0.211. The van der Waals surface area contributed by atoms with Gasteiger partial charge in [-0.25, -0.2) is 4.68 Å². The van der Waals surface area contributed by atoms with E-state index < -0.39 is 0 Å². The Morgan fingerprint density at radius 3 is 2.63 bits per heavy atom. The molecule has 3 aromatic heterocycles. The van der Waals surface area contributed by atoms with E-state index in [0.29, 0.717) is 0 Å². The molecule has 0 fully saturated rings. The molecule has 3 heterocycles. The lowest BCUT2D eigenvalue weighted by Gasteiger charge is -2.36. The molecule has 0 saturated heterocycles. The molecule has 5 nitrogen and oxygen atoms in total. The van der Waals surface area contributed by atoms with Crippen LogP contribution in [0.1, 0.15) is 43.3 Å². The van der Waals surface area contributed by atoms with Crippen LogP contribution in [0.2, 0.25) is 0 Å². The van der Waals surface area contributed by atoms with Gasteiger partial charge < -0.3 is 9.88 Å². The highest BCUT2D eigenvalue weighted by atomic mass is 15.3. The van der Waals surface area contributed by atoms with Crippen molar-refractivity contribution in [3.05, 3.63) is 96.3 Å². The number of aromatic nitrogens is 4. The van der Waals surface area contributed by atoms with Crippen LogP contribution in [0.3, 0.4) is 0 Å². The van der Waals surface area contributed by atoms with Crippen molar-refractivity contribution in [2.75, 3.05) is 0 Å². The summed E-state index contributed by atoms with van der Waals surface area (Å²) >= 11 is 0. The van der Waals surface area contributed by atoms with Crippen molar-refractivity contribution in [3.8, 4) is 11.4 Å². The van der Waals surface area contributed by atoms with Crippen LogP contribution < -0.4 is 5.32 Å². The summed E-state index contributed by atoms with van der Waals surface area (Å²) in [6, 6.07) is 19.0. The average molecular weight is 398 g/mol. The Morgan fingerprint density at radius 2 is 1.83 bits per heavy atom. The second-order valence-corrected chi connectivity index (χ2v) is 8.85. The van der Waals surface area contributed by atoms with E-state index in [1.54, 1.807) is 6.20 Å². The third-order valence-corrected chi connectivity index (χ3v) is 5.97. The standard InChI is InChI=1S/C25H27N5/c1-25(2)14-23(22-18-28-30(24(22)15-25)19-8-4-3-5-9-19)27-17-21-11-7-13-29(21)20-10-6-12-26-16-20/h3-13,16,18,23,27H,14-15,17H2,1-2H3. The molecule has 0 bridgehead atoms. The number of benzene rings is 1. The van der Waals surface area contributed by atoms with Crippen LogP contribution in [-0.2, 0) is 13.0 Å². The summed E-state index contributed by atoms with van der Waals surface area (Å²) in [5, 5.41) is 8.57. The van der Waals surface area contributed by atoms with Gasteiger partial charge in [0.25, 0.3) is 0 Å². The third kappa shape index (κ3) is 3.57. The van der Waals surface area contributed by atoms with Crippen LogP contribution in [0, 0.1) is 5.41 Å². The largest absolute Gasteiger partial charge is 0.318 e. The number of pyridine rings is 1. The molecule has 0 spiro atoms. The molecule has 0 saturated carbocycles. The van der Waals surface area contributed by atoms with Gasteiger partial charge in [0, 0.05) is 41.9 Å². The maximum Gasteiger partial charge on any atom is 0.0648 e. The normalized spacial score (nSPS) is 17.6. The maximum absolute atomic E-state index is 4.76. The molecule has 5 rings (SSSR count). The van der Waals surface area contributed by atoms with E-state index in [1.165, 1.54) is 17.0 Å². The number of hydrogen-bond acceptors (Lipinski definition) is 3. The fraction of sp³-hybridized carbons (Fsp3) is 0.280. The van der Waals surface area contributed by atoms with Crippen LogP contribution in [0.4, 0.5) is 0 Å². The van der Waals surface area contributed by atoms with Crippen molar-refractivity contribution in [2.24, 2.45) is 5.41 Å². The Hall–Kier alpha value is -3.18. The van der Waals surface area contributed by atoms with Gasteiger partial charge in [0.05, 0.1) is 23.8 Å². The molecule has 0 aliphatic heterocycles.